The lowest BCUT2D eigenvalue weighted by Gasteiger charge is -2.05. The van der Waals surface area contributed by atoms with E-state index in [9.17, 15) is 14.0 Å². The van der Waals surface area contributed by atoms with E-state index in [-0.39, 0.29) is 23.1 Å². The van der Waals surface area contributed by atoms with Crippen molar-refractivity contribution < 1.29 is 18.7 Å². The topological polar surface area (TPSA) is 81.2 Å². The molecule has 0 spiro atoms. The van der Waals surface area contributed by atoms with Gasteiger partial charge < -0.3 is 10.1 Å². The highest BCUT2D eigenvalue weighted by Gasteiger charge is 2.12. The molecular formula is C15H14FN3O3S. The first kappa shape index (κ1) is 16.9. The molecule has 0 aliphatic heterocycles. The molecule has 2 aromatic rings. The van der Waals surface area contributed by atoms with Crippen molar-refractivity contribution >= 4 is 29.5 Å². The fourth-order valence-electron chi connectivity index (χ4n) is 1.63. The number of amides is 1. The molecule has 8 heteroatoms. The highest BCUT2D eigenvalue weighted by Crippen LogP contribution is 2.16. The molecule has 1 aromatic heterocycles. The van der Waals surface area contributed by atoms with Gasteiger partial charge in [0.25, 0.3) is 5.91 Å². The van der Waals surface area contributed by atoms with Crippen molar-refractivity contribution in [2.75, 3.05) is 17.7 Å². The summed E-state index contributed by atoms with van der Waals surface area (Å²) in [6.45, 7) is 2.06. The second-order valence-corrected chi connectivity index (χ2v) is 5.28. The molecule has 0 bridgehead atoms. The molecule has 6 nitrogen and oxygen atoms in total. The Hall–Kier alpha value is -2.48. The number of aromatic nitrogens is 2. The largest absolute Gasteiger partial charge is 0.465 e. The van der Waals surface area contributed by atoms with Gasteiger partial charge in [0.05, 0.1) is 17.9 Å². The van der Waals surface area contributed by atoms with E-state index in [1.54, 1.807) is 19.1 Å². The van der Waals surface area contributed by atoms with Crippen molar-refractivity contribution in [3.63, 3.8) is 0 Å². The van der Waals surface area contributed by atoms with Gasteiger partial charge in [0.1, 0.15) is 10.8 Å². The zero-order valence-corrected chi connectivity index (χ0v) is 13.1. The SMILES string of the molecule is CCOC(=O)CSc1ccc(NC(=O)c2ccccc2F)nn1. The lowest BCUT2D eigenvalue weighted by Crippen LogP contribution is -2.15. The Balaban J connectivity index is 1.93. The third-order valence-electron chi connectivity index (χ3n) is 2.64. The predicted octanol–water partition coefficient (Wildman–Crippen LogP) is 2.52. The number of carbonyl (C=O) groups excluding carboxylic acids is 2. The van der Waals surface area contributed by atoms with Gasteiger partial charge >= 0.3 is 5.97 Å². The maximum atomic E-state index is 13.5. The first-order valence-corrected chi connectivity index (χ1v) is 7.76. The molecule has 120 valence electrons. The molecule has 1 aromatic carbocycles. The molecule has 0 atom stereocenters. The van der Waals surface area contributed by atoms with Crippen LogP contribution < -0.4 is 5.32 Å². The minimum Gasteiger partial charge on any atom is -0.465 e. The molecule has 23 heavy (non-hydrogen) atoms. The highest BCUT2D eigenvalue weighted by atomic mass is 32.2. The number of rotatable bonds is 6. The molecule has 0 saturated heterocycles. The van der Waals surface area contributed by atoms with Crippen molar-refractivity contribution in [3.05, 3.63) is 47.8 Å². The summed E-state index contributed by atoms with van der Waals surface area (Å²) in [7, 11) is 0. The summed E-state index contributed by atoms with van der Waals surface area (Å²) < 4.78 is 18.3. The molecule has 0 fully saturated rings. The van der Waals surface area contributed by atoms with Crippen LogP contribution in [0.5, 0.6) is 0 Å². The fourth-order valence-corrected chi connectivity index (χ4v) is 2.24. The van der Waals surface area contributed by atoms with E-state index < -0.39 is 11.7 Å². The number of ether oxygens (including phenoxy) is 1. The minimum atomic E-state index is -0.612. The Morgan fingerprint density at radius 1 is 1.22 bits per heavy atom. The van der Waals surface area contributed by atoms with Gasteiger partial charge in [0.2, 0.25) is 0 Å². The minimum absolute atomic E-state index is 0.0740. The lowest BCUT2D eigenvalue weighted by molar-refractivity contribution is -0.139. The van der Waals surface area contributed by atoms with Crippen molar-refractivity contribution in [3.8, 4) is 0 Å². The summed E-state index contributed by atoms with van der Waals surface area (Å²) in [6, 6.07) is 8.78. The van der Waals surface area contributed by atoms with Gasteiger partial charge in [-0.3, -0.25) is 9.59 Å². The van der Waals surface area contributed by atoms with E-state index in [0.717, 1.165) is 0 Å². The molecule has 0 unspecified atom stereocenters. The molecule has 2 rings (SSSR count). The van der Waals surface area contributed by atoms with E-state index in [0.29, 0.717) is 11.6 Å². The summed E-state index contributed by atoms with van der Waals surface area (Å²) in [4.78, 5) is 23.2. The number of nitrogens with one attached hydrogen (secondary N) is 1. The Morgan fingerprint density at radius 3 is 2.65 bits per heavy atom. The van der Waals surface area contributed by atoms with Gasteiger partial charge in [0, 0.05) is 0 Å². The van der Waals surface area contributed by atoms with Gasteiger partial charge in [-0.25, -0.2) is 4.39 Å². The molecule has 0 aliphatic carbocycles. The van der Waals surface area contributed by atoms with Crippen LogP contribution in [0, 0.1) is 5.82 Å². The maximum absolute atomic E-state index is 13.5. The van der Waals surface area contributed by atoms with Gasteiger partial charge in [0.15, 0.2) is 5.82 Å². The molecule has 0 aliphatic rings. The average molecular weight is 335 g/mol. The standard InChI is InChI=1S/C15H14FN3O3S/c1-2-22-14(20)9-23-13-8-7-12(18-19-13)17-15(21)10-5-3-4-6-11(10)16/h3-8H,2,9H2,1H3,(H,17,18,21). The third-order valence-corrected chi connectivity index (χ3v) is 3.54. The molecule has 1 N–H and O–H groups in total. The summed E-state index contributed by atoms with van der Waals surface area (Å²) in [5.74, 6) is -1.23. The van der Waals surface area contributed by atoms with Crippen molar-refractivity contribution in [1.82, 2.24) is 10.2 Å². The van der Waals surface area contributed by atoms with Crippen molar-refractivity contribution in [1.29, 1.82) is 0 Å². The number of hydrogen-bond acceptors (Lipinski definition) is 6. The zero-order chi connectivity index (χ0) is 16.7. The van der Waals surface area contributed by atoms with Crippen LogP contribution in [0.3, 0.4) is 0 Å². The average Bonchev–Trinajstić information content (AvgIpc) is 2.55. The molecule has 1 amide bonds. The Morgan fingerprint density at radius 2 is 2.00 bits per heavy atom. The van der Waals surface area contributed by atoms with E-state index in [1.807, 2.05) is 0 Å². The van der Waals surface area contributed by atoms with Gasteiger partial charge in [-0.2, -0.15) is 0 Å². The Labute approximate surface area is 136 Å². The number of benzene rings is 1. The van der Waals surface area contributed by atoms with Gasteiger partial charge in [-0.05, 0) is 31.2 Å². The van der Waals surface area contributed by atoms with Crippen molar-refractivity contribution in [2.45, 2.75) is 11.9 Å². The van der Waals surface area contributed by atoms with Crippen LogP contribution in [-0.4, -0.2) is 34.4 Å². The van der Waals surface area contributed by atoms with Gasteiger partial charge in [-0.15, -0.1) is 10.2 Å². The Kier molecular flexibility index (Phi) is 6.04. The monoisotopic (exact) mass is 335 g/mol. The zero-order valence-electron chi connectivity index (χ0n) is 12.3. The number of thioether (sulfide) groups is 1. The Bertz CT molecular complexity index is 695. The van der Waals surface area contributed by atoms with E-state index in [4.69, 9.17) is 4.74 Å². The molecule has 0 radical (unpaired) electrons. The number of carbonyl (C=O) groups is 2. The van der Waals surface area contributed by atoms with Gasteiger partial charge in [-0.1, -0.05) is 23.9 Å². The lowest BCUT2D eigenvalue weighted by atomic mass is 10.2. The van der Waals surface area contributed by atoms with Crippen LogP contribution in [0.4, 0.5) is 10.2 Å². The fraction of sp³-hybridized carbons (Fsp3) is 0.200. The number of anilines is 1. The van der Waals surface area contributed by atoms with Crippen LogP contribution in [0.25, 0.3) is 0 Å². The molecule has 1 heterocycles. The summed E-state index contributed by atoms with van der Waals surface area (Å²) in [5, 5.41) is 10.7. The van der Waals surface area contributed by atoms with Crippen LogP contribution in [0.15, 0.2) is 41.4 Å². The third kappa shape index (κ3) is 5.03. The highest BCUT2D eigenvalue weighted by molar-refractivity contribution is 7.99. The van der Waals surface area contributed by atoms with E-state index in [2.05, 4.69) is 15.5 Å². The number of esters is 1. The van der Waals surface area contributed by atoms with Crippen LogP contribution in [0.1, 0.15) is 17.3 Å². The van der Waals surface area contributed by atoms with Crippen LogP contribution in [0.2, 0.25) is 0 Å². The van der Waals surface area contributed by atoms with E-state index in [1.165, 1.54) is 36.0 Å². The van der Waals surface area contributed by atoms with Crippen LogP contribution in [-0.2, 0) is 9.53 Å². The quantitative estimate of drug-likeness (QED) is 0.645. The number of halogens is 1. The molecular weight excluding hydrogens is 321 g/mol. The summed E-state index contributed by atoms with van der Waals surface area (Å²) >= 11 is 1.17. The second kappa shape index (κ2) is 8.23. The predicted molar refractivity (Wildman–Crippen MR) is 83.7 cm³/mol. The summed E-state index contributed by atoms with van der Waals surface area (Å²) in [6.07, 6.45) is 0. The van der Waals surface area contributed by atoms with Crippen molar-refractivity contribution in [2.24, 2.45) is 0 Å². The number of nitrogens with zero attached hydrogens (tertiary/aromatic N) is 2. The number of hydrogen-bond donors (Lipinski definition) is 1. The maximum Gasteiger partial charge on any atom is 0.316 e. The molecule has 0 saturated carbocycles. The smallest absolute Gasteiger partial charge is 0.316 e. The summed E-state index contributed by atoms with van der Waals surface area (Å²) in [5.41, 5.74) is -0.0740. The normalized spacial score (nSPS) is 10.2. The van der Waals surface area contributed by atoms with E-state index >= 15 is 0 Å². The second-order valence-electron chi connectivity index (χ2n) is 4.28. The first-order chi connectivity index (χ1) is 11.1. The first-order valence-electron chi connectivity index (χ1n) is 6.78. The van der Waals surface area contributed by atoms with Crippen LogP contribution >= 0.6 is 11.8 Å².